The number of carbonyl (C=O) groups is 1. The number of azo groups is 2. The van der Waals surface area contributed by atoms with Gasteiger partial charge >= 0.3 is 0 Å². The van der Waals surface area contributed by atoms with Crippen molar-refractivity contribution in [3.8, 4) is 5.75 Å². The van der Waals surface area contributed by atoms with Crippen LogP contribution in [0.25, 0.3) is 10.8 Å². The molecular weight excluding hydrogens is 608 g/mol. The van der Waals surface area contributed by atoms with Crippen molar-refractivity contribution < 1.29 is 35.8 Å². The van der Waals surface area contributed by atoms with E-state index in [-0.39, 0.29) is 80.7 Å². The number of phenolic OH excluding ortho intramolecular Hbond substituents is 1. The number of benzene rings is 4. The van der Waals surface area contributed by atoms with Crippen molar-refractivity contribution in [2.75, 3.05) is 5.32 Å². The zero-order valence-electron chi connectivity index (χ0n) is 22.8. The summed E-state index contributed by atoms with van der Waals surface area (Å²) in [6.07, 6.45) is 0. The second-order valence-corrected chi connectivity index (χ2v) is 11.3. The molecule has 0 saturated carbocycles. The molecule has 4 aromatic carbocycles. The summed E-state index contributed by atoms with van der Waals surface area (Å²) in [6, 6.07) is 15.3. The van der Waals surface area contributed by atoms with Gasteiger partial charge in [-0.1, -0.05) is 0 Å². The van der Waals surface area contributed by atoms with Gasteiger partial charge in [0.15, 0.2) is 5.75 Å². The number of amides is 1. The zero-order chi connectivity index (χ0) is 29.2. The number of aromatic hydroxyl groups is 1. The van der Waals surface area contributed by atoms with Gasteiger partial charge in [-0.15, -0.1) is 5.11 Å². The van der Waals surface area contributed by atoms with Gasteiger partial charge in [-0.3, -0.25) is 13.9 Å². The minimum atomic E-state index is -4.82. The van der Waals surface area contributed by atoms with E-state index in [4.69, 9.17) is 4.55 Å². The first-order valence-electron chi connectivity index (χ1n) is 11.3. The van der Waals surface area contributed by atoms with Gasteiger partial charge in [0.05, 0.1) is 22.0 Å². The number of nitrogens with one attached hydrogen (secondary N) is 1. The third-order valence-corrected chi connectivity index (χ3v) is 7.24. The van der Waals surface area contributed by atoms with Crippen LogP contribution < -0.4 is 5.32 Å². The largest absolute Gasteiger partial charge is 0.505 e. The number of carbonyl (C=O) groups excluding carboxylic acids is 1. The van der Waals surface area contributed by atoms with Crippen LogP contribution in [0, 0.1) is 6.92 Å². The smallest absolute Gasteiger partial charge is 0.296 e. The first-order chi connectivity index (χ1) is 18.7. The van der Waals surface area contributed by atoms with Gasteiger partial charge in [0.25, 0.3) is 20.2 Å². The normalized spacial score (nSPS) is 11.8. The molecule has 0 heterocycles. The average molecular weight is 630 g/mol. The number of rotatable bonds is 7. The van der Waals surface area contributed by atoms with Crippen molar-refractivity contribution in [2.45, 2.75) is 23.6 Å². The maximum atomic E-state index is 12.1. The molecule has 0 atom stereocenters. The molecule has 0 fully saturated rings. The van der Waals surface area contributed by atoms with Crippen LogP contribution in [-0.4, -0.2) is 96.1 Å². The van der Waals surface area contributed by atoms with Crippen LogP contribution in [0.15, 0.2) is 97.0 Å². The molecule has 0 aromatic heterocycles. The summed E-state index contributed by atoms with van der Waals surface area (Å²) < 4.78 is 65.3. The molecule has 0 saturated heterocycles. The monoisotopic (exact) mass is 629 g/mol. The number of phenols is 1. The Hall–Kier alpha value is -2.57. The van der Waals surface area contributed by atoms with E-state index in [0.717, 1.165) is 6.07 Å². The van der Waals surface area contributed by atoms with Crippen LogP contribution in [0.3, 0.4) is 0 Å². The van der Waals surface area contributed by atoms with Crippen LogP contribution >= 0.6 is 0 Å². The molecule has 0 spiro atoms. The molecule has 2 radical (unpaired) electrons. The van der Waals surface area contributed by atoms with Gasteiger partial charge in [-0.25, -0.2) is 0 Å². The summed E-state index contributed by atoms with van der Waals surface area (Å²) in [4.78, 5) is 10.4. The predicted octanol–water partition coefficient (Wildman–Crippen LogP) is 5.37. The minimum absolute atomic E-state index is 0. The van der Waals surface area contributed by atoms with E-state index in [9.17, 15) is 31.3 Å². The number of hydrogen-bond donors (Lipinski definition) is 4. The molecule has 208 valence electrons. The molecule has 42 heavy (non-hydrogen) atoms. The molecular formula is C25H21N5Na2O8S2. The molecule has 4 rings (SSSR count). The van der Waals surface area contributed by atoms with Crippen molar-refractivity contribution in [3.05, 3.63) is 72.3 Å². The fourth-order valence-electron chi connectivity index (χ4n) is 3.64. The number of hydrogen-bond acceptors (Lipinski definition) is 10. The summed E-state index contributed by atoms with van der Waals surface area (Å²) >= 11 is 0. The molecule has 0 aliphatic heterocycles. The minimum Gasteiger partial charge on any atom is -0.505 e. The van der Waals surface area contributed by atoms with Gasteiger partial charge in [-0.2, -0.15) is 32.2 Å². The maximum absolute atomic E-state index is 12.1. The summed E-state index contributed by atoms with van der Waals surface area (Å²) in [5.41, 5.74) is 1.51. The topological polar surface area (TPSA) is 208 Å². The average Bonchev–Trinajstić information content (AvgIpc) is 2.86. The van der Waals surface area contributed by atoms with Crippen LogP contribution in [0.5, 0.6) is 5.75 Å². The summed E-state index contributed by atoms with van der Waals surface area (Å²) in [5, 5.41) is 29.8. The Morgan fingerprint density at radius 2 is 1.38 bits per heavy atom. The van der Waals surface area contributed by atoms with E-state index in [1.165, 1.54) is 55.5 Å². The predicted molar refractivity (Wildman–Crippen MR) is 157 cm³/mol. The maximum Gasteiger partial charge on any atom is 0.296 e. The molecule has 4 N–H and O–H groups in total. The van der Waals surface area contributed by atoms with Crippen LogP contribution in [0.2, 0.25) is 0 Å². The van der Waals surface area contributed by atoms with Crippen LogP contribution in [-0.2, 0) is 25.0 Å². The summed E-state index contributed by atoms with van der Waals surface area (Å²) in [5.74, 6) is -0.882. The molecule has 4 aromatic rings. The van der Waals surface area contributed by atoms with Crippen molar-refractivity contribution >= 4 is 124 Å². The number of fused-ring (bicyclic) bond motifs is 1. The zero-order valence-corrected chi connectivity index (χ0v) is 28.5. The van der Waals surface area contributed by atoms with E-state index in [1.807, 2.05) is 0 Å². The number of nitrogens with zero attached hydrogens (tertiary/aromatic N) is 4. The number of anilines is 1. The Labute approximate surface area is 285 Å². The van der Waals surface area contributed by atoms with Crippen LogP contribution in [0.1, 0.15) is 12.5 Å². The molecule has 0 bridgehead atoms. The fourth-order valence-corrected chi connectivity index (χ4v) is 4.78. The van der Waals surface area contributed by atoms with Crippen molar-refractivity contribution in [3.63, 3.8) is 0 Å². The van der Waals surface area contributed by atoms with E-state index >= 15 is 0 Å². The summed E-state index contributed by atoms with van der Waals surface area (Å²) in [7, 11) is -9.15. The van der Waals surface area contributed by atoms with Gasteiger partial charge in [-0.05, 0) is 84.6 Å². The SMILES string of the molecule is CC(=O)Nc1ccc2c(O)c(N=Nc3ccc(N=Nc4ccc(S(=O)(=O)O)cc4)cc3C)c(S(=O)(=O)O)cc2c1.[Na].[Na]. The van der Waals surface area contributed by atoms with Gasteiger partial charge in [0.1, 0.15) is 10.6 Å². The van der Waals surface area contributed by atoms with Crippen molar-refractivity contribution in [1.82, 2.24) is 0 Å². The summed E-state index contributed by atoms with van der Waals surface area (Å²) in [6.45, 7) is 2.99. The second-order valence-electron chi connectivity index (χ2n) is 8.50. The van der Waals surface area contributed by atoms with Crippen LogP contribution in [0.4, 0.5) is 28.4 Å². The fraction of sp³-hybridized carbons (Fsp3) is 0.0800. The molecule has 13 nitrogen and oxygen atoms in total. The Balaban J connectivity index is 0.00000308. The third kappa shape index (κ3) is 8.73. The Bertz CT molecular complexity index is 1930. The van der Waals surface area contributed by atoms with Crippen molar-refractivity contribution in [1.29, 1.82) is 0 Å². The van der Waals surface area contributed by atoms with Gasteiger partial charge < -0.3 is 10.4 Å². The number of aryl methyl sites for hydroxylation is 1. The second kappa shape index (κ2) is 14.3. The molecule has 0 unspecified atom stereocenters. The molecule has 1 amide bonds. The van der Waals surface area contributed by atoms with E-state index in [2.05, 4.69) is 25.8 Å². The van der Waals surface area contributed by atoms with Gasteiger partial charge in [0, 0.05) is 77.1 Å². The first-order valence-corrected chi connectivity index (χ1v) is 14.2. The van der Waals surface area contributed by atoms with E-state index < -0.39 is 36.6 Å². The molecule has 0 aliphatic carbocycles. The van der Waals surface area contributed by atoms with Gasteiger partial charge in [0.2, 0.25) is 5.91 Å². The Kier molecular flexibility index (Phi) is 12.1. The first kappa shape index (κ1) is 35.6. The Morgan fingerprint density at radius 1 is 0.762 bits per heavy atom. The molecule has 0 aliphatic rings. The van der Waals surface area contributed by atoms with E-state index in [0.29, 0.717) is 28.3 Å². The molecule has 17 heteroatoms. The Morgan fingerprint density at radius 3 is 1.95 bits per heavy atom. The van der Waals surface area contributed by atoms with Crippen molar-refractivity contribution in [2.24, 2.45) is 20.5 Å². The van der Waals surface area contributed by atoms with E-state index in [1.54, 1.807) is 19.1 Å². The quantitative estimate of drug-likeness (QED) is 0.118. The third-order valence-electron chi connectivity index (χ3n) is 5.50. The standard InChI is InChI=1S/C25H21N5O8S2.2Na/c1-14-11-19(28-27-17-3-7-20(8-4-17)39(33,34)35)6-10-22(14)29-30-24-23(40(36,37)38)13-16-12-18(26-15(2)31)5-9-21(16)25(24)32;;/h3-13,32H,1-2H3,(H,26,31)(H,33,34,35)(H,36,37,38);;.